The molecule has 1 saturated heterocycles. The summed E-state index contributed by atoms with van der Waals surface area (Å²) in [7, 11) is 0. The molecule has 2 rings (SSSR count). The van der Waals surface area contributed by atoms with E-state index in [0.29, 0.717) is 24.0 Å². The molecule has 0 aliphatic carbocycles. The number of amides is 2. The number of ether oxygens (including phenoxy) is 1. The molecule has 1 aliphatic heterocycles. The third-order valence-corrected chi connectivity index (χ3v) is 4.45. The zero-order valence-electron chi connectivity index (χ0n) is 14.8. The molecule has 5 heteroatoms. The summed E-state index contributed by atoms with van der Waals surface area (Å²) < 4.78 is 5.19. The second kappa shape index (κ2) is 8.43. The van der Waals surface area contributed by atoms with Crippen LogP contribution in [0.1, 0.15) is 29.6 Å². The van der Waals surface area contributed by atoms with Gasteiger partial charge in [0.25, 0.3) is 5.91 Å². The van der Waals surface area contributed by atoms with Crippen molar-refractivity contribution in [3.63, 3.8) is 0 Å². The molecule has 0 aromatic heterocycles. The maximum absolute atomic E-state index is 13.2. The van der Waals surface area contributed by atoms with Crippen LogP contribution in [0.2, 0.25) is 0 Å². The number of carbonyl (C=O) groups excluding carboxylic acids is 3. The molecule has 5 nitrogen and oxygen atoms in total. The highest BCUT2D eigenvalue weighted by Crippen LogP contribution is 2.39. The molecule has 0 spiro atoms. The Labute approximate surface area is 153 Å². The van der Waals surface area contributed by atoms with Gasteiger partial charge in [-0.3, -0.25) is 19.3 Å². The maximum atomic E-state index is 13.2. The molecular weight excluding hydrogens is 330 g/mol. The van der Waals surface area contributed by atoms with Crippen LogP contribution in [0.5, 0.6) is 0 Å². The summed E-state index contributed by atoms with van der Waals surface area (Å²) in [4.78, 5) is 39.9. The topological polar surface area (TPSA) is 63.7 Å². The molecule has 136 valence electrons. The minimum absolute atomic E-state index is 0.00105. The molecule has 26 heavy (non-hydrogen) atoms. The number of likely N-dealkylation sites (tertiary alicyclic amines) is 1. The molecule has 1 heterocycles. The summed E-state index contributed by atoms with van der Waals surface area (Å²) in [5, 5.41) is 0. The first-order valence-corrected chi connectivity index (χ1v) is 8.46. The van der Waals surface area contributed by atoms with Crippen LogP contribution in [0.25, 0.3) is 0 Å². The smallest absolute Gasteiger partial charge is 0.322 e. The molecule has 1 fully saturated rings. The average molecular weight is 353 g/mol. The largest absolute Gasteiger partial charge is 0.461 e. The molecule has 1 aromatic rings. The highest BCUT2D eigenvalue weighted by atomic mass is 16.5. The van der Waals surface area contributed by atoms with Crippen LogP contribution in [-0.4, -0.2) is 35.8 Å². The Morgan fingerprint density at radius 2 is 1.92 bits per heavy atom. The SMILES string of the molecule is C=CCOC(=O)C1(CC(=C)C=C)CCCN(C(=O)c2ccccc2)C1=O. The van der Waals surface area contributed by atoms with E-state index in [1.165, 1.54) is 12.2 Å². The predicted octanol–water partition coefficient (Wildman–Crippen LogP) is 3.30. The Kier molecular flexibility index (Phi) is 6.28. The van der Waals surface area contributed by atoms with Gasteiger partial charge in [0, 0.05) is 12.1 Å². The molecule has 0 radical (unpaired) electrons. The van der Waals surface area contributed by atoms with E-state index in [1.54, 1.807) is 30.3 Å². The number of benzene rings is 1. The van der Waals surface area contributed by atoms with Gasteiger partial charge in [-0.05, 0) is 31.4 Å². The fourth-order valence-electron chi connectivity index (χ4n) is 3.09. The quantitative estimate of drug-likeness (QED) is 0.248. The number of carbonyl (C=O) groups is 3. The molecular formula is C21H23NO4. The summed E-state index contributed by atoms with van der Waals surface area (Å²) in [6, 6.07) is 8.54. The number of hydrogen-bond donors (Lipinski definition) is 0. The van der Waals surface area contributed by atoms with E-state index < -0.39 is 23.2 Å². The highest BCUT2D eigenvalue weighted by Gasteiger charge is 2.52. The minimum atomic E-state index is -1.46. The molecule has 0 saturated carbocycles. The second-order valence-corrected chi connectivity index (χ2v) is 6.24. The van der Waals surface area contributed by atoms with Gasteiger partial charge in [-0.25, -0.2) is 0 Å². The van der Waals surface area contributed by atoms with Gasteiger partial charge in [0.15, 0.2) is 5.41 Å². The summed E-state index contributed by atoms with van der Waals surface area (Å²) in [6.07, 6.45) is 3.83. The lowest BCUT2D eigenvalue weighted by molar-refractivity contribution is -0.166. The fraction of sp³-hybridized carbons (Fsp3) is 0.286. The van der Waals surface area contributed by atoms with Crippen LogP contribution in [-0.2, 0) is 14.3 Å². The van der Waals surface area contributed by atoms with Crippen molar-refractivity contribution < 1.29 is 19.1 Å². The summed E-state index contributed by atoms with van der Waals surface area (Å²) in [5.74, 6) is -1.62. The first-order chi connectivity index (χ1) is 12.5. The lowest BCUT2D eigenvalue weighted by atomic mass is 9.74. The van der Waals surface area contributed by atoms with Gasteiger partial charge in [0.2, 0.25) is 5.91 Å². The van der Waals surface area contributed by atoms with Crippen LogP contribution >= 0.6 is 0 Å². The van der Waals surface area contributed by atoms with Crippen molar-refractivity contribution in [1.82, 2.24) is 4.90 Å². The van der Waals surface area contributed by atoms with Gasteiger partial charge in [0.05, 0.1) is 0 Å². The van der Waals surface area contributed by atoms with Gasteiger partial charge >= 0.3 is 5.97 Å². The summed E-state index contributed by atoms with van der Waals surface area (Å²) in [6.45, 7) is 11.3. The van der Waals surface area contributed by atoms with E-state index >= 15 is 0 Å². The standard InChI is InChI=1S/C21H23NO4/c1-4-14-26-20(25)21(15-16(3)5-2)12-9-13-22(19(21)24)18(23)17-10-7-6-8-11-17/h4-8,10-11H,1-3,9,12-15H2. The van der Waals surface area contributed by atoms with Gasteiger partial charge < -0.3 is 4.74 Å². The van der Waals surface area contributed by atoms with E-state index in [1.807, 2.05) is 0 Å². The van der Waals surface area contributed by atoms with Crippen LogP contribution in [0.3, 0.4) is 0 Å². The molecule has 1 atom stereocenters. The number of imide groups is 1. The van der Waals surface area contributed by atoms with E-state index in [0.717, 1.165) is 4.90 Å². The van der Waals surface area contributed by atoms with E-state index in [4.69, 9.17) is 4.74 Å². The van der Waals surface area contributed by atoms with Crippen LogP contribution in [0, 0.1) is 5.41 Å². The molecule has 1 aliphatic rings. The first kappa shape index (κ1) is 19.4. The van der Waals surface area contributed by atoms with E-state index in [9.17, 15) is 14.4 Å². The van der Waals surface area contributed by atoms with Gasteiger partial charge in [-0.15, -0.1) is 0 Å². The highest BCUT2D eigenvalue weighted by molar-refractivity contribution is 6.13. The normalized spacial score (nSPS) is 19.5. The molecule has 1 aromatic carbocycles. The van der Waals surface area contributed by atoms with Crippen molar-refractivity contribution in [2.75, 3.05) is 13.2 Å². The molecule has 0 bridgehead atoms. The lowest BCUT2D eigenvalue weighted by Crippen LogP contribution is -2.55. The molecule has 2 amide bonds. The van der Waals surface area contributed by atoms with Gasteiger partial charge in [0.1, 0.15) is 6.61 Å². The number of hydrogen-bond acceptors (Lipinski definition) is 4. The second-order valence-electron chi connectivity index (χ2n) is 6.24. The Morgan fingerprint density at radius 1 is 1.23 bits per heavy atom. The van der Waals surface area contributed by atoms with Crippen LogP contribution in [0.15, 0.2) is 67.8 Å². The minimum Gasteiger partial charge on any atom is -0.461 e. The van der Waals surface area contributed by atoms with Crippen molar-refractivity contribution in [2.45, 2.75) is 19.3 Å². The van der Waals surface area contributed by atoms with E-state index in [-0.39, 0.29) is 19.6 Å². The lowest BCUT2D eigenvalue weighted by Gasteiger charge is -2.39. The zero-order valence-corrected chi connectivity index (χ0v) is 14.8. The number of nitrogens with zero attached hydrogens (tertiary/aromatic N) is 1. The number of esters is 1. The summed E-state index contributed by atoms with van der Waals surface area (Å²) in [5.41, 5.74) is -0.515. The number of allylic oxidation sites excluding steroid dienone is 2. The zero-order chi connectivity index (χ0) is 19.2. The third kappa shape index (κ3) is 3.82. The van der Waals surface area contributed by atoms with Gasteiger partial charge in [-0.2, -0.15) is 0 Å². The average Bonchev–Trinajstić information content (AvgIpc) is 2.67. The molecule has 1 unspecified atom stereocenters. The fourth-order valence-corrected chi connectivity index (χ4v) is 3.09. The molecule has 0 N–H and O–H groups in total. The van der Waals surface area contributed by atoms with Crippen LogP contribution < -0.4 is 0 Å². The Hall–Kier alpha value is -2.95. The van der Waals surface area contributed by atoms with Gasteiger partial charge in [-0.1, -0.05) is 55.7 Å². The van der Waals surface area contributed by atoms with Crippen molar-refractivity contribution in [3.05, 3.63) is 73.4 Å². The Morgan fingerprint density at radius 3 is 2.54 bits per heavy atom. The van der Waals surface area contributed by atoms with Crippen molar-refractivity contribution in [3.8, 4) is 0 Å². The number of rotatable bonds is 7. The maximum Gasteiger partial charge on any atom is 0.322 e. The van der Waals surface area contributed by atoms with E-state index in [2.05, 4.69) is 19.7 Å². The Bertz CT molecular complexity index is 738. The summed E-state index contributed by atoms with van der Waals surface area (Å²) >= 11 is 0. The first-order valence-electron chi connectivity index (χ1n) is 8.46. The third-order valence-electron chi connectivity index (χ3n) is 4.45. The van der Waals surface area contributed by atoms with Crippen LogP contribution in [0.4, 0.5) is 0 Å². The predicted molar refractivity (Wildman–Crippen MR) is 99.3 cm³/mol. The van der Waals surface area contributed by atoms with Crippen molar-refractivity contribution in [2.24, 2.45) is 5.41 Å². The Balaban J connectivity index is 2.37. The monoisotopic (exact) mass is 353 g/mol. The van der Waals surface area contributed by atoms with Crippen molar-refractivity contribution in [1.29, 1.82) is 0 Å². The number of piperidine rings is 1. The van der Waals surface area contributed by atoms with Crippen molar-refractivity contribution >= 4 is 17.8 Å².